The number of fused-ring (bicyclic) bond motifs is 1. The number of hydrogen-bond donors (Lipinski definition) is 2. The van der Waals surface area contributed by atoms with E-state index >= 15 is 0 Å². The first-order chi connectivity index (χ1) is 10.5. The SMILES string of the molecule is CSc1cc(Nc2ccccc2)cc2c1NC(C)(C)CC2C. The van der Waals surface area contributed by atoms with E-state index in [0.29, 0.717) is 5.92 Å². The van der Waals surface area contributed by atoms with Gasteiger partial charge in [0.25, 0.3) is 0 Å². The summed E-state index contributed by atoms with van der Waals surface area (Å²) < 4.78 is 0. The number of nitrogens with one attached hydrogen (secondary N) is 2. The molecule has 1 unspecified atom stereocenters. The van der Waals surface area contributed by atoms with Crippen molar-refractivity contribution in [3.05, 3.63) is 48.0 Å². The molecule has 0 amide bonds. The van der Waals surface area contributed by atoms with E-state index in [4.69, 9.17) is 0 Å². The minimum atomic E-state index is 0.158. The smallest absolute Gasteiger partial charge is 0.0519 e. The lowest BCUT2D eigenvalue weighted by Crippen LogP contribution is -2.36. The Morgan fingerprint density at radius 1 is 1.14 bits per heavy atom. The zero-order chi connectivity index (χ0) is 15.7. The van der Waals surface area contributed by atoms with Gasteiger partial charge in [0.15, 0.2) is 0 Å². The first kappa shape index (κ1) is 15.3. The Kier molecular flexibility index (Phi) is 4.09. The zero-order valence-corrected chi connectivity index (χ0v) is 14.6. The van der Waals surface area contributed by atoms with Gasteiger partial charge in [0, 0.05) is 21.8 Å². The first-order valence-corrected chi connectivity index (χ1v) is 9.03. The second-order valence-corrected chi connectivity index (χ2v) is 7.60. The quantitative estimate of drug-likeness (QED) is 0.695. The van der Waals surface area contributed by atoms with Crippen molar-refractivity contribution in [3.8, 4) is 0 Å². The summed E-state index contributed by atoms with van der Waals surface area (Å²) in [5.41, 5.74) is 5.19. The largest absolute Gasteiger partial charge is 0.379 e. The molecular weight excluding hydrogens is 288 g/mol. The lowest BCUT2D eigenvalue weighted by molar-refractivity contribution is 0.452. The Labute approximate surface area is 137 Å². The van der Waals surface area contributed by atoms with E-state index in [2.05, 4.69) is 74.1 Å². The molecule has 0 aromatic heterocycles. The Hall–Kier alpha value is -1.61. The first-order valence-electron chi connectivity index (χ1n) is 7.81. The Bertz CT molecular complexity index is 665. The number of para-hydroxylation sites is 1. The molecule has 1 aliphatic heterocycles. The molecule has 22 heavy (non-hydrogen) atoms. The van der Waals surface area contributed by atoms with Gasteiger partial charge in [-0.15, -0.1) is 11.8 Å². The minimum absolute atomic E-state index is 0.158. The minimum Gasteiger partial charge on any atom is -0.379 e. The lowest BCUT2D eigenvalue weighted by Gasteiger charge is -2.39. The molecule has 2 aromatic carbocycles. The van der Waals surface area contributed by atoms with Crippen molar-refractivity contribution in [2.45, 2.75) is 43.5 Å². The summed E-state index contributed by atoms with van der Waals surface area (Å²) in [7, 11) is 0. The molecule has 1 aliphatic rings. The highest BCUT2D eigenvalue weighted by molar-refractivity contribution is 7.98. The maximum absolute atomic E-state index is 3.73. The van der Waals surface area contributed by atoms with Crippen molar-refractivity contribution in [1.29, 1.82) is 0 Å². The predicted octanol–water partition coefficient (Wildman–Crippen LogP) is 5.85. The molecule has 0 fully saturated rings. The van der Waals surface area contributed by atoms with Crippen LogP contribution in [0.3, 0.4) is 0 Å². The molecule has 2 N–H and O–H groups in total. The summed E-state index contributed by atoms with van der Waals surface area (Å²) in [6, 6.07) is 14.9. The van der Waals surface area contributed by atoms with E-state index in [1.165, 1.54) is 21.8 Å². The second-order valence-electron chi connectivity index (χ2n) is 6.75. The molecule has 1 heterocycles. The second kappa shape index (κ2) is 5.88. The van der Waals surface area contributed by atoms with Gasteiger partial charge in [0.05, 0.1) is 5.69 Å². The molecule has 0 aliphatic carbocycles. The van der Waals surface area contributed by atoms with Gasteiger partial charge in [-0.25, -0.2) is 0 Å². The van der Waals surface area contributed by atoms with E-state index in [1.807, 2.05) is 17.8 Å². The number of thioether (sulfide) groups is 1. The molecule has 0 radical (unpaired) electrons. The lowest BCUT2D eigenvalue weighted by atomic mass is 9.82. The normalized spacial score (nSPS) is 19.2. The Morgan fingerprint density at radius 3 is 2.55 bits per heavy atom. The molecule has 1 atom stereocenters. The number of hydrogen-bond acceptors (Lipinski definition) is 3. The Morgan fingerprint density at radius 2 is 1.86 bits per heavy atom. The summed E-state index contributed by atoms with van der Waals surface area (Å²) >= 11 is 1.81. The van der Waals surface area contributed by atoms with E-state index in [-0.39, 0.29) is 5.54 Å². The fourth-order valence-electron chi connectivity index (χ4n) is 3.35. The highest BCUT2D eigenvalue weighted by Gasteiger charge is 2.31. The molecule has 116 valence electrons. The van der Waals surface area contributed by atoms with Crippen LogP contribution in [0.4, 0.5) is 17.1 Å². The molecule has 3 heteroatoms. The van der Waals surface area contributed by atoms with Gasteiger partial charge in [-0.2, -0.15) is 0 Å². The van der Waals surface area contributed by atoms with Gasteiger partial charge in [0.2, 0.25) is 0 Å². The molecule has 0 bridgehead atoms. The third kappa shape index (κ3) is 3.09. The number of benzene rings is 2. The van der Waals surface area contributed by atoms with Crippen LogP contribution in [0.25, 0.3) is 0 Å². The van der Waals surface area contributed by atoms with Gasteiger partial charge >= 0.3 is 0 Å². The number of rotatable bonds is 3. The zero-order valence-electron chi connectivity index (χ0n) is 13.7. The molecule has 0 saturated heterocycles. The average Bonchev–Trinajstić information content (AvgIpc) is 2.47. The van der Waals surface area contributed by atoms with Crippen LogP contribution < -0.4 is 10.6 Å². The standard InChI is InChI=1S/C19H24N2S/c1-13-12-19(2,3)21-18-16(13)10-15(11-17(18)22-4)20-14-8-6-5-7-9-14/h5-11,13,20-21H,12H2,1-4H3. The van der Waals surface area contributed by atoms with Crippen LogP contribution in [0.2, 0.25) is 0 Å². The maximum atomic E-state index is 3.73. The van der Waals surface area contributed by atoms with Crippen molar-refractivity contribution in [2.75, 3.05) is 16.9 Å². The fourth-order valence-corrected chi connectivity index (χ4v) is 3.96. The van der Waals surface area contributed by atoms with Crippen molar-refractivity contribution < 1.29 is 0 Å². The molecule has 2 aromatic rings. The highest BCUT2D eigenvalue weighted by atomic mass is 32.2. The fraction of sp³-hybridized carbons (Fsp3) is 0.368. The van der Waals surface area contributed by atoms with E-state index < -0.39 is 0 Å². The topological polar surface area (TPSA) is 24.1 Å². The van der Waals surface area contributed by atoms with Gasteiger partial charge in [0.1, 0.15) is 0 Å². The van der Waals surface area contributed by atoms with Crippen LogP contribution in [0.5, 0.6) is 0 Å². The predicted molar refractivity (Wildman–Crippen MR) is 98.7 cm³/mol. The summed E-state index contributed by atoms with van der Waals surface area (Å²) in [6.07, 6.45) is 3.30. The molecular formula is C19H24N2S. The van der Waals surface area contributed by atoms with E-state index in [0.717, 1.165) is 12.1 Å². The van der Waals surface area contributed by atoms with Gasteiger partial charge < -0.3 is 10.6 Å². The van der Waals surface area contributed by atoms with Gasteiger partial charge in [-0.1, -0.05) is 25.1 Å². The van der Waals surface area contributed by atoms with E-state index in [1.54, 1.807) is 0 Å². The van der Waals surface area contributed by atoms with Crippen LogP contribution in [0, 0.1) is 0 Å². The van der Waals surface area contributed by atoms with Crippen LogP contribution in [-0.2, 0) is 0 Å². The molecule has 3 rings (SSSR count). The van der Waals surface area contributed by atoms with Crippen molar-refractivity contribution in [1.82, 2.24) is 0 Å². The summed E-state index contributed by atoms with van der Waals surface area (Å²) in [6.45, 7) is 6.90. The molecule has 0 spiro atoms. The van der Waals surface area contributed by atoms with Crippen molar-refractivity contribution in [2.24, 2.45) is 0 Å². The van der Waals surface area contributed by atoms with Gasteiger partial charge in [-0.3, -0.25) is 0 Å². The summed E-state index contributed by atoms with van der Waals surface area (Å²) in [5.74, 6) is 0.565. The molecule has 0 saturated carbocycles. The number of anilines is 3. The van der Waals surface area contributed by atoms with E-state index in [9.17, 15) is 0 Å². The summed E-state index contributed by atoms with van der Waals surface area (Å²) in [5, 5.41) is 7.26. The molecule has 2 nitrogen and oxygen atoms in total. The van der Waals surface area contributed by atoms with Crippen LogP contribution in [-0.4, -0.2) is 11.8 Å². The van der Waals surface area contributed by atoms with Crippen molar-refractivity contribution in [3.63, 3.8) is 0 Å². The van der Waals surface area contributed by atoms with Crippen molar-refractivity contribution >= 4 is 28.8 Å². The average molecular weight is 312 g/mol. The maximum Gasteiger partial charge on any atom is 0.0519 e. The van der Waals surface area contributed by atoms with Crippen LogP contribution >= 0.6 is 11.8 Å². The van der Waals surface area contributed by atoms with Gasteiger partial charge in [-0.05, 0) is 62.3 Å². The third-order valence-electron chi connectivity index (χ3n) is 4.23. The summed E-state index contributed by atoms with van der Waals surface area (Å²) in [4.78, 5) is 1.32. The highest BCUT2D eigenvalue weighted by Crippen LogP contribution is 2.44. The van der Waals surface area contributed by atoms with Crippen LogP contribution in [0.1, 0.15) is 38.7 Å². The Balaban J connectivity index is 2.00. The monoisotopic (exact) mass is 312 g/mol. The van der Waals surface area contributed by atoms with Crippen LogP contribution in [0.15, 0.2) is 47.4 Å². The third-order valence-corrected chi connectivity index (χ3v) is 4.99.